The lowest BCUT2D eigenvalue weighted by Crippen LogP contribution is -2.19. The SMILES string of the molecule is CCC1CCC(c2nc3c(s2)C(NC)CCC3)C1. The zero-order valence-corrected chi connectivity index (χ0v) is 12.4. The Balaban J connectivity index is 1.80. The van der Waals surface area contributed by atoms with Crippen LogP contribution in [0.3, 0.4) is 0 Å². The molecule has 1 fully saturated rings. The molecule has 3 heteroatoms. The van der Waals surface area contributed by atoms with E-state index >= 15 is 0 Å². The molecule has 2 aliphatic rings. The molecule has 0 saturated heterocycles. The number of aromatic nitrogens is 1. The van der Waals surface area contributed by atoms with Gasteiger partial charge in [-0.3, -0.25) is 0 Å². The highest BCUT2D eigenvalue weighted by Crippen LogP contribution is 2.44. The fraction of sp³-hybridized carbons (Fsp3) is 0.800. The van der Waals surface area contributed by atoms with Gasteiger partial charge in [-0.2, -0.15) is 0 Å². The summed E-state index contributed by atoms with van der Waals surface area (Å²) in [5.41, 5.74) is 1.40. The minimum atomic E-state index is 0.573. The molecule has 1 saturated carbocycles. The van der Waals surface area contributed by atoms with E-state index in [2.05, 4.69) is 19.3 Å². The standard InChI is InChI=1S/C15H24N2S/c1-3-10-7-8-11(9-10)15-17-13-6-4-5-12(16-2)14(13)18-15/h10-12,16H,3-9H2,1-2H3. The first-order chi connectivity index (χ1) is 8.81. The molecule has 2 nitrogen and oxygen atoms in total. The Hall–Kier alpha value is -0.410. The Morgan fingerprint density at radius 3 is 2.94 bits per heavy atom. The van der Waals surface area contributed by atoms with E-state index in [-0.39, 0.29) is 0 Å². The van der Waals surface area contributed by atoms with Crippen LogP contribution in [0.15, 0.2) is 0 Å². The number of aryl methyl sites for hydroxylation is 1. The summed E-state index contributed by atoms with van der Waals surface area (Å²) in [5, 5.41) is 4.90. The van der Waals surface area contributed by atoms with Gasteiger partial charge in [0.15, 0.2) is 0 Å². The van der Waals surface area contributed by atoms with Crippen molar-refractivity contribution in [2.45, 2.75) is 63.8 Å². The minimum Gasteiger partial charge on any atom is -0.312 e. The van der Waals surface area contributed by atoms with Crippen molar-refractivity contribution in [1.82, 2.24) is 10.3 Å². The Kier molecular flexibility index (Phi) is 3.71. The molecular weight excluding hydrogens is 240 g/mol. The van der Waals surface area contributed by atoms with Crippen molar-refractivity contribution in [1.29, 1.82) is 0 Å². The van der Waals surface area contributed by atoms with E-state index in [1.165, 1.54) is 55.6 Å². The van der Waals surface area contributed by atoms with Crippen LogP contribution in [0.4, 0.5) is 0 Å². The topological polar surface area (TPSA) is 24.9 Å². The van der Waals surface area contributed by atoms with Gasteiger partial charge >= 0.3 is 0 Å². The molecule has 0 aromatic carbocycles. The van der Waals surface area contributed by atoms with E-state index in [1.54, 1.807) is 4.88 Å². The molecule has 0 radical (unpaired) electrons. The molecule has 3 unspecified atom stereocenters. The molecule has 3 atom stereocenters. The largest absolute Gasteiger partial charge is 0.312 e. The number of rotatable bonds is 3. The van der Waals surface area contributed by atoms with E-state index in [0.29, 0.717) is 6.04 Å². The lowest BCUT2D eigenvalue weighted by molar-refractivity contribution is 0.500. The molecule has 0 aliphatic heterocycles. The van der Waals surface area contributed by atoms with E-state index in [1.807, 2.05) is 11.3 Å². The first-order valence-electron chi connectivity index (χ1n) is 7.48. The van der Waals surface area contributed by atoms with Crippen LogP contribution in [-0.4, -0.2) is 12.0 Å². The van der Waals surface area contributed by atoms with Gasteiger partial charge in [0.25, 0.3) is 0 Å². The molecule has 18 heavy (non-hydrogen) atoms. The first kappa shape index (κ1) is 12.6. The van der Waals surface area contributed by atoms with Crippen LogP contribution < -0.4 is 5.32 Å². The molecule has 3 rings (SSSR count). The Morgan fingerprint density at radius 1 is 1.33 bits per heavy atom. The smallest absolute Gasteiger partial charge is 0.0962 e. The van der Waals surface area contributed by atoms with Crippen molar-refractivity contribution in [3.05, 3.63) is 15.6 Å². The number of fused-ring (bicyclic) bond motifs is 1. The molecule has 0 bridgehead atoms. The normalized spacial score (nSPS) is 31.6. The minimum absolute atomic E-state index is 0.573. The van der Waals surface area contributed by atoms with E-state index in [0.717, 1.165) is 11.8 Å². The zero-order chi connectivity index (χ0) is 12.5. The third-order valence-electron chi connectivity index (χ3n) is 4.78. The van der Waals surface area contributed by atoms with Crippen LogP contribution in [0.5, 0.6) is 0 Å². The number of hydrogen-bond acceptors (Lipinski definition) is 3. The molecule has 1 aromatic rings. The van der Waals surface area contributed by atoms with E-state index in [9.17, 15) is 0 Å². The number of nitrogens with one attached hydrogen (secondary N) is 1. The van der Waals surface area contributed by atoms with Gasteiger partial charge in [0.05, 0.1) is 10.7 Å². The maximum Gasteiger partial charge on any atom is 0.0962 e. The summed E-state index contributed by atoms with van der Waals surface area (Å²) in [6.45, 7) is 2.33. The summed E-state index contributed by atoms with van der Waals surface area (Å²) >= 11 is 2.00. The van der Waals surface area contributed by atoms with Crippen molar-refractivity contribution >= 4 is 11.3 Å². The van der Waals surface area contributed by atoms with Crippen LogP contribution in [0.1, 0.15) is 73.0 Å². The fourth-order valence-corrected chi connectivity index (χ4v) is 4.96. The van der Waals surface area contributed by atoms with E-state index < -0.39 is 0 Å². The average Bonchev–Trinajstić information content (AvgIpc) is 3.03. The molecule has 1 N–H and O–H groups in total. The Bertz CT molecular complexity index is 413. The second-order valence-corrected chi connectivity index (χ2v) is 6.94. The monoisotopic (exact) mass is 264 g/mol. The van der Waals surface area contributed by atoms with Crippen molar-refractivity contribution in [3.63, 3.8) is 0 Å². The summed E-state index contributed by atoms with van der Waals surface area (Å²) in [6, 6.07) is 0.573. The number of nitrogens with zero attached hydrogens (tertiary/aromatic N) is 1. The van der Waals surface area contributed by atoms with Gasteiger partial charge in [0.1, 0.15) is 0 Å². The van der Waals surface area contributed by atoms with Gasteiger partial charge in [-0.15, -0.1) is 11.3 Å². The van der Waals surface area contributed by atoms with Crippen LogP contribution in [0.2, 0.25) is 0 Å². The number of thiazole rings is 1. The highest BCUT2D eigenvalue weighted by Gasteiger charge is 2.30. The van der Waals surface area contributed by atoms with Gasteiger partial charge in [-0.05, 0) is 51.5 Å². The van der Waals surface area contributed by atoms with Crippen LogP contribution in [0, 0.1) is 5.92 Å². The van der Waals surface area contributed by atoms with Gasteiger partial charge in [0, 0.05) is 16.8 Å². The predicted octanol–water partition coefficient (Wildman–Crippen LogP) is 4.03. The summed E-state index contributed by atoms with van der Waals surface area (Å²) in [6.07, 6.45) is 9.30. The lowest BCUT2D eigenvalue weighted by atomic mass is 9.98. The molecular formula is C15H24N2S. The maximum absolute atomic E-state index is 4.98. The fourth-order valence-electron chi connectivity index (χ4n) is 3.56. The van der Waals surface area contributed by atoms with Gasteiger partial charge < -0.3 is 5.32 Å². The van der Waals surface area contributed by atoms with Crippen LogP contribution in [-0.2, 0) is 6.42 Å². The van der Waals surface area contributed by atoms with E-state index in [4.69, 9.17) is 4.98 Å². The maximum atomic E-state index is 4.98. The molecule has 2 aliphatic carbocycles. The van der Waals surface area contributed by atoms with Crippen LogP contribution >= 0.6 is 11.3 Å². The third kappa shape index (κ3) is 2.23. The second-order valence-electron chi connectivity index (χ2n) is 5.88. The molecule has 100 valence electrons. The summed E-state index contributed by atoms with van der Waals surface area (Å²) in [4.78, 5) is 6.52. The Labute approximate surface area is 114 Å². The molecule has 0 spiro atoms. The van der Waals surface area contributed by atoms with Crippen LogP contribution in [0.25, 0.3) is 0 Å². The van der Waals surface area contributed by atoms with Gasteiger partial charge in [-0.1, -0.05) is 13.3 Å². The highest BCUT2D eigenvalue weighted by atomic mass is 32.1. The first-order valence-corrected chi connectivity index (χ1v) is 8.30. The van der Waals surface area contributed by atoms with Crippen molar-refractivity contribution in [3.8, 4) is 0 Å². The zero-order valence-electron chi connectivity index (χ0n) is 11.5. The van der Waals surface area contributed by atoms with Gasteiger partial charge in [-0.25, -0.2) is 4.98 Å². The van der Waals surface area contributed by atoms with Crippen molar-refractivity contribution in [2.75, 3.05) is 7.05 Å². The average molecular weight is 264 g/mol. The summed E-state index contributed by atoms with van der Waals surface area (Å²) in [5.74, 6) is 1.72. The predicted molar refractivity (Wildman–Crippen MR) is 77.2 cm³/mol. The molecule has 1 aromatic heterocycles. The molecule has 0 amide bonds. The highest BCUT2D eigenvalue weighted by molar-refractivity contribution is 7.12. The van der Waals surface area contributed by atoms with Gasteiger partial charge in [0.2, 0.25) is 0 Å². The summed E-state index contributed by atoms with van der Waals surface area (Å²) < 4.78 is 0. The quantitative estimate of drug-likeness (QED) is 0.891. The second kappa shape index (κ2) is 5.30. The number of hydrogen-bond donors (Lipinski definition) is 1. The summed E-state index contributed by atoms with van der Waals surface area (Å²) in [7, 11) is 2.09. The Morgan fingerprint density at radius 2 is 2.22 bits per heavy atom. The third-order valence-corrected chi connectivity index (χ3v) is 6.16. The molecule has 1 heterocycles. The van der Waals surface area contributed by atoms with Crippen molar-refractivity contribution in [2.24, 2.45) is 5.92 Å². The van der Waals surface area contributed by atoms with Crippen molar-refractivity contribution < 1.29 is 0 Å². The lowest BCUT2D eigenvalue weighted by Gasteiger charge is -2.20.